The topological polar surface area (TPSA) is 93.4 Å². The van der Waals surface area contributed by atoms with Crippen LogP contribution in [0.25, 0.3) is 16.9 Å². The molecule has 0 saturated carbocycles. The van der Waals surface area contributed by atoms with E-state index in [2.05, 4.69) is 15.4 Å². The molecule has 1 amide bonds. The van der Waals surface area contributed by atoms with Gasteiger partial charge in [0.05, 0.1) is 27.4 Å². The molecule has 2 aromatic carbocycles. The zero-order valence-corrected chi connectivity index (χ0v) is 19.9. The summed E-state index contributed by atoms with van der Waals surface area (Å²) in [7, 11) is -3.61. The van der Waals surface area contributed by atoms with Crippen LogP contribution >= 0.6 is 11.6 Å². The summed E-state index contributed by atoms with van der Waals surface area (Å²) in [6, 6.07) is 8.06. The highest BCUT2D eigenvalue weighted by atomic mass is 35.5. The number of nitrogens with one attached hydrogen (secondary N) is 1. The summed E-state index contributed by atoms with van der Waals surface area (Å²) < 4.78 is 104. The molecule has 0 aliphatic heterocycles. The first-order valence-electron chi connectivity index (χ1n) is 10.0. The van der Waals surface area contributed by atoms with Gasteiger partial charge in [0.1, 0.15) is 5.56 Å². The van der Waals surface area contributed by atoms with Gasteiger partial charge in [-0.15, -0.1) is 0 Å². The van der Waals surface area contributed by atoms with Gasteiger partial charge in [0, 0.05) is 17.5 Å². The third-order valence-electron chi connectivity index (χ3n) is 5.10. The van der Waals surface area contributed by atoms with Crippen LogP contribution in [0.1, 0.15) is 21.6 Å². The highest BCUT2D eigenvalue weighted by Gasteiger charge is 2.37. The second-order valence-corrected chi connectivity index (χ2v) is 10.2. The molecule has 194 valence electrons. The third-order valence-corrected chi connectivity index (χ3v) is 6.52. The lowest BCUT2D eigenvalue weighted by Crippen LogP contribution is -2.16. The van der Waals surface area contributed by atoms with E-state index in [0.29, 0.717) is 16.6 Å². The lowest BCUT2D eigenvalue weighted by atomic mass is 10.1. The first kappa shape index (κ1) is 26.4. The Labute approximate surface area is 209 Å². The molecule has 0 radical (unpaired) electrons. The zero-order valence-electron chi connectivity index (χ0n) is 18.3. The van der Waals surface area contributed by atoms with E-state index in [9.17, 15) is 39.6 Å². The van der Waals surface area contributed by atoms with Crippen molar-refractivity contribution in [3.63, 3.8) is 0 Å². The monoisotopic (exact) mass is 562 g/mol. The normalized spacial score (nSPS) is 12.6. The molecule has 0 aliphatic carbocycles. The summed E-state index contributed by atoms with van der Waals surface area (Å²) in [4.78, 5) is 16.8. The first-order valence-corrected chi connectivity index (χ1v) is 12.3. The Morgan fingerprint density at radius 2 is 1.70 bits per heavy atom. The van der Waals surface area contributed by atoms with E-state index in [0.717, 1.165) is 30.7 Å². The van der Waals surface area contributed by atoms with E-state index in [1.165, 1.54) is 18.2 Å². The van der Waals surface area contributed by atoms with Gasteiger partial charge in [-0.3, -0.25) is 4.79 Å². The molecule has 0 spiro atoms. The van der Waals surface area contributed by atoms with E-state index < -0.39 is 61.3 Å². The minimum atomic E-state index is -4.98. The van der Waals surface area contributed by atoms with Crippen LogP contribution in [0.2, 0.25) is 5.02 Å². The summed E-state index contributed by atoms with van der Waals surface area (Å²) >= 11 is 5.71. The van der Waals surface area contributed by atoms with Gasteiger partial charge < -0.3 is 5.32 Å². The molecule has 0 aliphatic rings. The first-order chi connectivity index (χ1) is 17.1. The molecule has 1 N–H and O–H groups in total. The second kappa shape index (κ2) is 9.03. The molecular formula is C22H13ClF6N4O3S. The smallest absolute Gasteiger partial charge is 0.322 e. The molecule has 0 fully saturated rings. The lowest BCUT2D eigenvalue weighted by Gasteiger charge is -2.13. The predicted octanol–water partition coefficient (Wildman–Crippen LogP) is 5.74. The quantitative estimate of drug-likeness (QED) is 0.320. The number of benzene rings is 2. The summed E-state index contributed by atoms with van der Waals surface area (Å²) in [6.45, 7) is 0. The summed E-state index contributed by atoms with van der Waals surface area (Å²) in [6.07, 6.45) is -7.97. The Morgan fingerprint density at radius 1 is 1.00 bits per heavy atom. The molecular weight excluding hydrogens is 550 g/mol. The number of aromatic nitrogens is 3. The summed E-state index contributed by atoms with van der Waals surface area (Å²) in [5.74, 6) is -0.955. The highest BCUT2D eigenvalue weighted by molar-refractivity contribution is 7.90. The molecule has 4 aromatic rings. The van der Waals surface area contributed by atoms with Gasteiger partial charge in [-0.1, -0.05) is 23.7 Å². The molecule has 0 unspecified atom stereocenters. The number of anilines is 1. The fourth-order valence-electron chi connectivity index (χ4n) is 3.38. The van der Waals surface area contributed by atoms with Gasteiger partial charge in [0.2, 0.25) is 0 Å². The number of amides is 1. The molecule has 2 heterocycles. The number of alkyl halides is 6. The minimum absolute atomic E-state index is 0.0361. The van der Waals surface area contributed by atoms with Crippen LogP contribution in [0, 0.1) is 0 Å². The van der Waals surface area contributed by atoms with Crippen molar-refractivity contribution in [2.24, 2.45) is 0 Å². The molecule has 0 atom stereocenters. The summed E-state index contributed by atoms with van der Waals surface area (Å²) in [5, 5.41) is 5.23. The van der Waals surface area contributed by atoms with Crippen molar-refractivity contribution in [3.05, 3.63) is 76.6 Å². The van der Waals surface area contributed by atoms with E-state index >= 15 is 0 Å². The Bertz CT molecular complexity index is 1650. The second-order valence-electron chi connectivity index (χ2n) is 7.76. The van der Waals surface area contributed by atoms with Gasteiger partial charge in [-0.05, 0) is 36.4 Å². The Hall–Kier alpha value is -3.65. The number of nitrogens with zero attached hydrogens (tertiary/aromatic N) is 3. The fourth-order valence-corrected chi connectivity index (χ4v) is 4.33. The van der Waals surface area contributed by atoms with Crippen molar-refractivity contribution in [2.75, 3.05) is 11.6 Å². The Morgan fingerprint density at radius 3 is 2.30 bits per heavy atom. The van der Waals surface area contributed by atoms with Gasteiger partial charge in [0.15, 0.2) is 21.2 Å². The maximum Gasteiger partial charge on any atom is 0.433 e. The van der Waals surface area contributed by atoms with Crippen LogP contribution in [-0.2, 0) is 22.2 Å². The standard InChI is InChI=1S/C22H13ClF6N4O3S/c1-37(35,36)13-4-2-3-12(8-13)31-20(34)14-10-30-33-18(22(27,28)29)9-17(32-19(14)33)11-5-6-15(16(23)7-11)21(24,25)26/h2-10H,1H3,(H,31,34). The molecule has 37 heavy (non-hydrogen) atoms. The van der Waals surface area contributed by atoms with Gasteiger partial charge in [0.25, 0.3) is 5.91 Å². The van der Waals surface area contributed by atoms with Gasteiger partial charge >= 0.3 is 12.4 Å². The Kier molecular flexibility index (Phi) is 6.44. The number of halogens is 7. The zero-order chi connectivity index (χ0) is 27.3. The van der Waals surface area contributed by atoms with Crippen molar-refractivity contribution in [1.82, 2.24) is 14.6 Å². The van der Waals surface area contributed by atoms with Crippen molar-refractivity contribution in [3.8, 4) is 11.3 Å². The number of carbonyl (C=O) groups excluding carboxylic acids is 1. The van der Waals surface area contributed by atoms with Gasteiger partial charge in [-0.25, -0.2) is 17.9 Å². The van der Waals surface area contributed by atoms with E-state index in [1.807, 2.05) is 0 Å². The molecule has 0 bridgehead atoms. The van der Waals surface area contributed by atoms with Crippen molar-refractivity contribution >= 4 is 38.7 Å². The van der Waals surface area contributed by atoms with Crippen LogP contribution in [-0.4, -0.2) is 35.2 Å². The molecule has 4 rings (SSSR count). The lowest BCUT2D eigenvalue weighted by molar-refractivity contribution is -0.142. The van der Waals surface area contributed by atoms with Crippen LogP contribution in [0.3, 0.4) is 0 Å². The number of sulfone groups is 1. The highest BCUT2D eigenvalue weighted by Crippen LogP contribution is 2.38. The molecule has 15 heteroatoms. The maximum absolute atomic E-state index is 13.8. The van der Waals surface area contributed by atoms with Crippen LogP contribution in [0.15, 0.2) is 59.6 Å². The van der Waals surface area contributed by atoms with E-state index in [4.69, 9.17) is 11.6 Å². The maximum atomic E-state index is 13.8. The number of rotatable bonds is 4. The number of hydrogen-bond donors (Lipinski definition) is 1. The fraction of sp³-hybridized carbons (Fsp3) is 0.136. The number of carbonyl (C=O) groups is 1. The van der Waals surface area contributed by atoms with Crippen molar-refractivity contribution in [1.29, 1.82) is 0 Å². The van der Waals surface area contributed by atoms with E-state index in [1.54, 1.807) is 0 Å². The van der Waals surface area contributed by atoms with Gasteiger partial charge in [-0.2, -0.15) is 31.4 Å². The van der Waals surface area contributed by atoms with Crippen LogP contribution in [0.5, 0.6) is 0 Å². The summed E-state index contributed by atoms with van der Waals surface area (Å²) in [5.41, 5.74) is -4.03. The number of hydrogen-bond acceptors (Lipinski definition) is 5. The Balaban J connectivity index is 1.82. The largest absolute Gasteiger partial charge is 0.433 e. The van der Waals surface area contributed by atoms with Crippen molar-refractivity contribution in [2.45, 2.75) is 17.2 Å². The van der Waals surface area contributed by atoms with Crippen LogP contribution < -0.4 is 5.32 Å². The van der Waals surface area contributed by atoms with E-state index in [-0.39, 0.29) is 16.1 Å². The van der Waals surface area contributed by atoms with Crippen molar-refractivity contribution < 1.29 is 39.6 Å². The average Bonchev–Trinajstić information content (AvgIpc) is 3.20. The molecule has 0 saturated heterocycles. The predicted molar refractivity (Wildman–Crippen MR) is 121 cm³/mol. The average molecular weight is 563 g/mol. The molecule has 7 nitrogen and oxygen atoms in total. The minimum Gasteiger partial charge on any atom is -0.322 e. The third kappa shape index (κ3) is 5.39. The van der Waals surface area contributed by atoms with Crippen LogP contribution in [0.4, 0.5) is 32.0 Å². The number of fused-ring (bicyclic) bond motifs is 1. The SMILES string of the molecule is CS(=O)(=O)c1cccc(NC(=O)c2cnn3c(C(F)(F)F)cc(-c4ccc(C(F)(F)F)c(Cl)c4)nc23)c1. The molecule has 2 aromatic heterocycles.